The van der Waals surface area contributed by atoms with Crippen LogP contribution in [0.2, 0.25) is 0 Å². The van der Waals surface area contributed by atoms with Crippen LogP contribution in [0, 0.1) is 25.2 Å². The molecule has 0 atom stereocenters. The number of amides is 1. The number of ether oxygens (including phenoxy) is 1. The van der Waals surface area contributed by atoms with Crippen LogP contribution in [0.25, 0.3) is 11.4 Å². The van der Waals surface area contributed by atoms with Crippen molar-refractivity contribution < 1.29 is 14.1 Å². The van der Waals surface area contributed by atoms with Gasteiger partial charge in [0.15, 0.2) is 0 Å². The Balaban J connectivity index is 1.31. The van der Waals surface area contributed by atoms with Gasteiger partial charge in [-0.05, 0) is 61.4 Å². The van der Waals surface area contributed by atoms with Gasteiger partial charge in [-0.3, -0.25) is 14.6 Å². The lowest BCUT2D eigenvalue weighted by molar-refractivity contribution is -0.120. The van der Waals surface area contributed by atoms with Gasteiger partial charge in [0, 0.05) is 44.0 Å². The lowest BCUT2D eigenvalue weighted by Gasteiger charge is -2.34. The van der Waals surface area contributed by atoms with E-state index in [9.17, 15) is 4.79 Å². The number of aryl methyl sites for hydroxylation is 2. The van der Waals surface area contributed by atoms with Gasteiger partial charge in [0.2, 0.25) is 17.6 Å². The molecule has 0 unspecified atom stereocenters. The van der Waals surface area contributed by atoms with E-state index < -0.39 is 0 Å². The molecule has 0 radical (unpaired) electrons. The van der Waals surface area contributed by atoms with Gasteiger partial charge in [0.25, 0.3) is 0 Å². The summed E-state index contributed by atoms with van der Waals surface area (Å²) in [6.07, 6.45) is 0.301. The Morgan fingerprint density at radius 1 is 1.08 bits per heavy atom. The minimum Gasteiger partial charge on any atom is -0.497 e. The number of methoxy groups -OCH3 is 1. The third-order valence-electron chi connectivity index (χ3n) is 6.27. The van der Waals surface area contributed by atoms with Crippen molar-refractivity contribution in [2.45, 2.75) is 26.8 Å². The molecule has 2 heterocycles. The van der Waals surface area contributed by atoms with Crippen LogP contribution in [0.5, 0.6) is 5.75 Å². The summed E-state index contributed by atoms with van der Waals surface area (Å²) < 4.78 is 10.7. The first-order chi connectivity index (χ1) is 17.4. The molecule has 1 amide bonds. The summed E-state index contributed by atoms with van der Waals surface area (Å²) >= 11 is 0. The molecule has 9 heteroatoms. The molecule has 9 nitrogen and oxygen atoms in total. The number of anilines is 1. The first-order valence-corrected chi connectivity index (χ1v) is 12.1. The second kappa shape index (κ2) is 11.8. The molecule has 0 bridgehead atoms. The van der Waals surface area contributed by atoms with Crippen molar-refractivity contribution in [3.05, 3.63) is 59.5 Å². The lowest BCUT2D eigenvalue weighted by Crippen LogP contribution is -2.50. The van der Waals surface area contributed by atoms with Crippen LogP contribution < -0.4 is 9.64 Å². The number of nitriles is 1. The van der Waals surface area contributed by atoms with Crippen molar-refractivity contribution in [1.82, 2.24) is 19.9 Å². The lowest BCUT2D eigenvalue weighted by atomic mass is 10.1. The Labute approximate surface area is 211 Å². The van der Waals surface area contributed by atoms with Crippen LogP contribution >= 0.6 is 0 Å². The molecule has 0 N–H and O–H groups in total. The zero-order valence-electron chi connectivity index (χ0n) is 21.1. The minimum absolute atomic E-state index is 0.0183. The maximum atomic E-state index is 13.2. The number of piperazine rings is 1. The van der Waals surface area contributed by atoms with Gasteiger partial charge in [0.05, 0.1) is 32.7 Å². The van der Waals surface area contributed by atoms with Gasteiger partial charge in [-0.25, -0.2) is 0 Å². The molecule has 4 rings (SSSR count). The highest BCUT2D eigenvalue weighted by molar-refractivity contribution is 5.95. The molecule has 1 fully saturated rings. The fourth-order valence-electron chi connectivity index (χ4n) is 4.42. The van der Waals surface area contributed by atoms with E-state index in [2.05, 4.69) is 32.1 Å². The molecule has 0 aliphatic carbocycles. The number of benzene rings is 2. The average molecular weight is 489 g/mol. The molecular formula is C27H32N6O3. The van der Waals surface area contributed by atoms with E-state index in [0.29, 0.717) is 37.8 Å². The quantitative estimate of drug-likeness (QED) is 0.452. The van der Waals surface area contributed by atoms with E-state index in [0.717, 1.165) is 54.3 Å². The average Bonchev–Trinajstić information content (AvgIpc) is 3.33. The van der Waals surface area contributed by atoms with Crippen molar-refractivity contribution >= 4 is 11.6 Å². The standard InChI is InChI=1S/C27H32N6O3/c1-20-15-21(2)17-23(16-20)33(10-4-9-28)26(34)19-32-13-11-31(12-14-32)18-25-29-27(30-36-25)22-5-7-24(35-3)8-6-22/h5-8,15-17H,4,10-14,18-19H2,1-3H3. The van der Waals surface area contributed by atoms with Crippen LogP contribution in [0.15, 0.2) is 47.0 Å². The van der Waals surface area contributed by atoms with Crippen molar-refractivity contribution in [2.75, 3.05) is 51.3 Å². The Morgan fingerprint density at radius 2 is 1.75 bits per heavy atom. The summed E-state index contributed by atoms with van der Waals surface area (Å²) in [7, 11) is 1.63. The second-order valence-corrected chi connectivity index (χ2v) is 9.09. The molecule has 0 saturated carbocycles. The van der Waals surface area contributed by atoms with E-state index in [1.54, 1.807) is 12.0 Å². The highest BCUT2D eigenvalue weighted by Crippen LogP contribution is 2.21. The predicted octanol–water partition coefficient (Wildman–Crippen LogP) is 3.43. The number of hydrogen-bond acceptors (Lipinski definition) is 8. The monoisotopic (exact) mass is 488 g/mol. The van der Waals surface area contributed by atoms with Gasteiger partial charge >= 0.3 is 0 Å². The van der Waals surface area contributed by atoms with Gasteiger partial charge in [-0.15, -0.1) is 0 Å². The number of carbonyl (C=O) groups excluding carboxylic acids is 1. The summed E-state index contributed by atoms with van der Waals surface area (Å²) in [5, 5.41) is 13.2. The van der Waals surface area contributed by atoms with Gasteiger partial charge < -0.3 is 14.2 Å². The molecule has 0 spiro atoms. The summed E-state index contributed by atoms with van der Waals surface area (Å²) in [5.41, 5.74) is 3.93. The van der Waals surface area contributed by atoms with Crippen LogP contribution in [-0.2, 0) is 11.3 Å². The van der Waals surface area contributed by atoms with E-state index in [4.69, 9.17) is 14.5 Å². The van der Waals surface area contributed by atoms with Crippen LogP contribution in [0.3, 0.4) is 0 Å². The number of carbonyl (C=O) groups is 1. The SMILES string of the molecule is COc1ccc(-c2noc(CN3CCN(CC(=O)N(CCC#N)c4cc(C)cc(C)c4)CC3)n2)cc1. The Bertz CT molecular complexity index is 1190. The Morgan fingerprint density at radius 3 is 2.39 bits per heavy atom. The highest BCUT2D eigenvalue weighted by atomic mass is 16.5. The number of aromatic nitrogens is 2. The zero-order chi connectivity index (χ0) is 25.5. The molecule has 3 aromatic rings. The molecule has 1 aliphatic rings. The van der Waals surface area contributed by atoms with Gasteiger partial charge in [-0.1, -0.05) is 11.2 Å². The minimum atomic E-state index is 0.0183. The van der Waals surface area contributed by atoms with Crippen molar-refractivity contribution in [2.24, 2.45) is 0 Å². The molecule has 1 aromatic heterocycles. The van der Waals surface area contributed by atoms with Crippen molar-refractivity contribution in [3.8, 4) is 23.2 Å². The van der Waals surface area contributed by atoms with Crippen LogP contribution in [0.1, 0.15) is 23.4 Å². The van der Waals surface area contributed by atoms with E-state index >= 15 is 0 Å². The third-order valence-corrected chi connectivity index (χ3v) is 6.27. The summed E-state index contributed by atoms with van der Waals surface area (Å²) in [6, 6.07) is 15.8. The first-order valence-electron chi connectivity index (χ1n) is 12.1. The largest absolute Gasteiger partial charge is 0.497 e. The van der Waals surface area contributed by atoms with Crippen molar-refractivity contribution in [3.63, 3.8) is 0 Å². The maximum Gasteiger partial charge on any atom is 0.241 e. The van der Waals surface area contributed by atoms with Crippen LogP contribution in [0.4, 0.5) is 5.69 Å². The van der Waals surface area contributed by atoms with E-state index in [-0.39, 0.29) is 5.91 Å². The Kier molecular flexibility index (Phi) is 8.31. The summed E-state index contributed by atoms with van der Waals surface area (Å²) in [6.45, 7) is 8.47. The number of rotatable bonds is 9. The number of nitrogens with zero attached hydrogens (tertiary/aromatic N) is 6. The third kappa shape index (κ3) is 6.47. The smallest absolute Gasteiger partial charge is 0.241 e. The van der Waals surface area contributed by atoms with Gasteiger partial charge in [-0.2, -0.15) is 10.2 Å². The van der Waals surface area contributed by atoms with Gasteiger partial charge in [0.1, 0.15) is 5.75 Å². The highest BCUT2D eigenvalue weighted by Gasteiger charge is 2.24. The predicted molar refractivity (Wildman–Crippen MR) is 137 cm³/mol. The van der Waals surface area contributed by atoms with E-state index in [1.807, 2.05) is 50.2 Å². The zero-order valence-corrected chi connectivity index (χ0v) is 21.1. The fourth-order valence-corrected chi connectivity index (χ4v) is 4.42. The molecule has 1 aliphatic heterocycles. The Hall–Kier alpha value is -3.74. The van der Waals surface area contributed by atoms with E-state index in [1.165, 1.54) is 0 Å². The summed E-state index contributed by atoms with van der Waals surface area (Å²) in [4.78, 5) is 23.9. The van der Waals surface area contributed by atoms with Crippen LogP contribution in [-0.4, -0.2) is 72.2 Å². The normalized spacial score (nSPS) is 14.4. The molecule has 36 heavy (non-hydrogen) atoms. The molecule has 188 valence electrons. The maximum absolute atomic E-state index is 13.2. The first kappa shape index (κ1) is 25.4. The number of hydrogen-bond donors (Lipinski definition) is 0. The summed E-state index contributed by atoms with van der Waals surface area (Å²) in [5.74, 6) is 1.93. The van der Waals surface area contributed by atoms with Crippen molar-refractivity contribution in [1.29, 1.82) is 5.26 Å². The second-order valence-electron chi connectivity index (χ2n) is 9.09. The topological polar surface area (TPSA) is 98.7 Å². The fraction of sp³-hybridized carbons (Fsp3) is 0.407. The molecule has 1 saturated heterocycles. The molecular weight excluding hydrogens is 456 g/mol. The molecule has 2 aromatic carbocycles.